The van der Waals surface area contributed by atoms with Crippen LogP contribution >= 0.6 is 0 Å². The Morgan fingerprint density at radius 3 is 2.36 bits per heavy atom. The molecule has 0 saturated carbocycles. The number of amides is 1. The summed E-state index contributed by atoms with van der Waals surface area (Å²) >= 11 is 0. The van der Waals surface area contributed by atoms with Crippen LogP contribution in [0.25, 0.3) is 5.57 Å². The van der Waals surface area contributed by atoms with Crippen molar-refractivity contribution in [3.8, 4) is 0 Å². The van der Waals surface area contributed by atoms with Crippen molar-refractivity contribution < 1.29 is 4.79 Å². The van der Waals surface area contributed by atoms with E-state index in [0.717, 1.165) is 31.5 Å². The summed E-state index contributed by atoms with van der Waals surface area (Å²) in [7, 11) is 3.59. The van der Waals surface area contributed by atoms with E-state index in [2.05, 4.69) is 35.6 Å². The molecule has 0 bridgehead atoms. The van der Waals surface area contributed by atoms with Gasteiger partial charge in [0.15, 0.2) is 5.81 Å². The molecule has 1 aliphatic heterocycles. The highest BCUT2D eigenvalue weighted by atomic mass is 16.1. The Labute approximate surface area is 131 Å². The van der Waals surface area contributed by atoms with E-state index in [9.17, 15) is 4.79 Å². The fraction of sp³-hybridized carbons (Fsp3) is 0.294. The van der Waals surface area contributed by atoms with Gasteiger partial charge in [-0.15, -0.1) is 0 Å². The molecule has 1 aliphatic rings. The molecule has 4 nitrogen and oxygen atoms in total. The van der Waals surface area contributed by atoms with Gasteiger partial charge in [-0.25, -0.2) is 0 Å². The Bertz CT molecular complexity index is 696. The Balaban J connectivity index is 1.99. The second kappa shape index (κ2) is 6.22. The lowest BCUT2D eigenvalue weighted by atomic mass is 9.89. The first-order valence-corrected chi connectivity index (χ1v) is 7.67. The maximum absolute atomic E-state index is 11.5. The van der Waals surface area contributed by atoms with Crippen molar-refractivity contribution in [1.82, 2.24) is 14.7 Å². The molecular formula is C17H20BN3O. The lowest BCUT2D eigenvalue weighted by Gasteiger charge is -2.29. The molecule has 0 aliphatic carbocycles. The van der Waals surface area contributed by atoms with Gasteiger partial charge in [-0.2, -0.15) is 5.10 Å². The van der Waals surface area contributed by atoms with E-state index in [0.29, 0.717) is 0 Å². The van der Waals surface area contributed by atoms with Gasteiger partial charge in [-0.3, -0.25) is 9.48 Å². The third kappa shape index (κ3) is 2.98. The summed E-state index contributed by atoms with van der Waals surface area (Å²) in [6.07, 6.45) is 5.84. The molecule has 22 heavy (non-hydrogen) atoms. The molecule has 0 spiro atoms. The molecule has 1 amide bonds. The Morgan fingerprint density at radius 1 is 1.14 bits per heavy atom. The Kier molecular flexibility index (Phi) is 4.14. The fourth-order valence-corrected chi connectivity index (χ4v) is 3.07. The van der Waals surface area contributed by atoms with Crippen molar-refractivity contribution in [3.05, 3.63) is 59.4 Å². The monoisotopic (exact) mass is 293 g/mol. The van der Waals surface area contributed by atoms with Crippen molar-refractivity contribution in [3.63, 3.8) is 0 Å². The average molecular weight is 293 g/mol. The predicted molar refractivity (Wildman–Crippen MR) is 90.4 cm³/mol. The summed E-state index contributed by atoms with van der Waals surface area (Å²) in [6, 6.07) is 10.5. The minimum absolute atomic E-state index is 0.168. The van der Waals surface area contributed by atoms with Gasteiger partial charge in [-0.05, 0) is 24.0 Å². The number of likely N-dealkylation sites (tertiary alicyclic amines) is 1. The summed E-state index contributed by atoms with van der Waals surface area (Å²) < 4.78 is 1.84. The van der Waals surface area contributed by atoms with Crippen LogP contribution in [-0.4, -0.2) is 41.4 Å². The molecular weight excluding hydrogens is 273 g/mol. The molecule has 1 aromatic heterocycles. The van der Waals surface area contributed by atoms with Crippen LogP contribution in [-0.2, 0) is 7.05 Å². The molecule has 2 heterocycles. The van der Waals surface area contributed by atoms with Crippen molar-refractivity contribution in [1.29, 1.82) is 0 Å². The van der Waals surface area contributed by atoms with Crippen LogP contribution in [0.1, 0.15) is 24.0 Å². The number of aromatic nitrogens is 2. The SMILES string of the molecule is BC(=O)N1CCC(=C(c2ccccc2)c2cnn(C)c2)CC1. The third-order valence-corrected chi connectivity index (χ3v) is 4.22. The minimum Gasteiger partial charge on any atom is -0.351 e. The standard InChI is InChI=1S/C17H20BN3O/c1-20-12-15(11-19-20)16(13-5-3-2-4-6-13)14-7-9-21(10-8-14)17(18)22/h2-6,11-12H,7-10,18H2,1H3. The topological polar surface area (TPSA) is 38.1 Å². The second-order valence-electron chi connectivity index (χ2n) is 5.75. The summed E-state index contributed by atoms with van der Waals surface area (Å²) in [5.41, 5.74) is 5.07. The average Bonchev–Trinajstić information content (AvgIpc) is 2.95. The first-order chi connectivity index (χ1) is 10.6. The second-order valence-corrected chi connectivity index (χ2v) is 5.75. The number of nitrogens with zero attached hydrogens (tertiary/aromatic N) is 3. The van der Waals surface area contributed by atoms with Gasteiger partial charge in [-0.1, -0.05) is 35.9 Å². The van der Waals surface area contributed by atoms with Crippen molar-refractivity contribution >= 4 is 19.2 Å². The molecule has 5 heteroatoms. The zero-order valence-corrected chi connectivity index (χ0v) is 13.1. The molecule has 112 valence electrons. The molecule has 2 aromatic rings. The number of carbonyl (C=O) groups excluding carboxylic acids is 1. The van der Waals surface area contributed by atoms with Crippen molar-refractivity contribution in [2.75, 3.05) is 13.1 Å². The molecule has 1 saturated heterocycles. The van der Waals surface area contributed by atoms with E-state index in [1.807, 2.05) is 28.9 Å². The van der Waals surface area contributed by atoms with E-state index < -0.39 is 0 Å². The molecule has 3 rings (SSSR count). The number of aryl methyl sites for hydroxylation is 1. The van der Waals surface area contributed by atoms with Gasteiger partial charge < -0.3 is 4.90 Å². The van der Waals surface area contributed by atoms with Crippen LogP contribution in [0, 0.1) is 0 Å². The van der Waals surface area contributed by atoms with E-state index in [-0.39, 0.29) is 5.81 Å². The number of hydrogen-bond donors (Lipinski definition) is 0. The van der Waals surface area contributed by atoms with Crippen LogP contribution in [0.4, 0.5) is 4.79 Å². The maximum Gasteiger partial charge on any atom is 0.215 e. The highest BCUT2D eigenvalue weighted by Gasteiger charge is 2.20. The molecule has 1 aromatic carbocycles. The number of benzene rings is 1. The zero-order valence-electron chi connectivity index (χ0n) is 13.1. The predicted octanol–water partition coefficient (Wildman–Crippen LogP) is 2.07. The van der Waals surface area contributed by atoms with Crippen molar-refractivity contribution in [2.24, 2.45) is 7.05 Å². The minimum atomic E-state index is 0.168. The summed E-state index contributed by atoms with van der Waals surface area (Å²) in [4.78, 5) is 13.4. The zero-order chi connectivity index (χ0) is 15.5. The van der Waals surface area contributed by atoms with E-state index in [4.69, 9.17) is 0 Å². The van der Waals surface area contributed by atoms with Gasteiger partial charge >= 0.3 is 0 Å². The van der Waals surface area contributed by atoms with Crippen molar-refractivity contribution in [2.45, 2.75) is 12.8 Å². The number of piperidine rings is 1. The number of carbonyl (C=O) groups is 1. The van der Waals surface area contributed by atoms with Crippen LogP contribution in [0.15, 0.2) is 48.3 Å². The van der Waals surface area contributed by atoms with Crippen LogP contribution < -0.4 is 0 Å². The molecule has 0 unspecified atom stereocenters. The highest BCUT2D eigenvalue weighted by Crippen LogP contribution is 2.32. The van der Waals surface area contributed by atoms with Crippen LogP contribution in [0.3, 0.4) is 0 Å². The first-order valence-electron chi connectivity index (χ1n) is 7.67. The lowest BCUT2D eigenvalue weighted by Crippen LogP contribution is -2.35. The summed E-state index contributed by atoms with van der Waals surface area (Å²) in [5, 5.41) is 4.32. The van der Waals surface area contributed by atoms with Gasteiger partial charge in [0.1, 0.15) is 0 Å². The lowest BCUT2D eigenvalue weighted by molar-refractivity contribution is 0.217. The van der Waals surface area contributed by atoms with Gasteiger partial charge in [0.2, 0.25) is 7.85 Å². The Hall–Kier alpha value is -2.30. The molecule has 0 N–H and O–H groups in total. The normalized spacial score (nSPS) is 15.0. The quantitative estimate of drug-likeness (QED) is 0.795. The number of hydrogen-bond acceptors (Lipinski definition) is 2. The first kappa shape index (κ1) is 14.6. The highest BCUT2D eigenvalue weighted by molar-refractivity contribution is 6.56. The maximum atomic E-state index is 11.5. The van der Waals surface area contributed by atoms with Gasteiger partial charge in [0, 0.05) is 31.9 Å². The fourth-order valence-electron chi connectivity index (χ4n) is 3.07. The largest absolute Gasteiger partial charge is 0.351 e. The summed E-state index contributed by atoms with van der Waals surface area (Å²) in [5.74, 6) is 0.168. The number of rotatable bonds is 2. The molecule has 1 fully saturated rings. The molecule has 0 atom stereocenters. The van der Waals surface area contributed by atoms with E-state index >= 15 is 0 Å². The van der Waals surface area contributed by atoms with Crippen LogP contribution in [0.2, 0.25) is 0 Å². The van der Waals surface area contributed by atoms with Gasteiger partial charge in [0.25, 0.3) is 0 Å². The van der Waals surface area contributed by atoms with E-state index in [1.165, 1.54) is 16.7 Å². The summed E-state index contributed by atoms with van der Waals surface area (Å²) in [6.45, 7) is 1.61. The van der Waals surface area contributed by atoms with Gasteiger partial charge in [0.05, 0.1) is 6.20 Å². The Morgan fingerprint density at radius 2 is 1.82 bits per heavy atom. The molecule has 0 radical (unpaired) electrons. The van der Waals surface area contributed by atoms with E-state index in [1.54, 1.807) is 7.85 Å². The van der Waals surface area contributed by atoms with Crippen LogP contribution in [0.5, 0.6) is 0 Å². The third-order valence-electron chi connectivity index (χ3n) is 4.22. The smallest absolute Gasteiger partial charge is 0.215 e.